The van der Waals surface area contributed by atoms with E-state index in [1.165, 1.54) is 0 Å². The fourth-order valence-electron chi connectivity index (χ4n) is 4.13. The molecule has 2 aromatic carbocycles. The Morgan fingerprint density at radius 1 is 0.862 bits per heavy atom. The zero-order chi connectivity index (χ0) is 20.2. The summed E-state index contributed by atoms with van der Waals surface area (Å²) in [4.78, 5) is 29.1. The smallest absolute Gasteiger partial charge is 0.254 e. The number of carbonyl (C=O) groups excluding carboxylic acids is 2. The molecule has 2 fully saturated rings. The van der Waals surface area contributed by atoms with E-state index >= 15 is 0 Å². The predicted octanol–water partition coefficient (Wildman–Crippen LogP) is 3.91. The number of hydrogen-bond donors (Lipinski definition) is 0. The van der Waals surface area contributed by atoms with Crippen LogP contribution in [0.15, 0.2) is 48.5 Å². The zero-order valence-corrected chi connectivity index (χ0v) is 17.0. The van der Waals surface area contributed by atoms with Gasteiger partial charge in [-0.2, -0.15) is 0 Å². The van der Waals surface area contributed by atoms with Gasteiger partial charge in [0.15, 0.2) is 0 Å². The minimum atomic E-state index is 0.0719. The maximum Gasteiger partial charge on any atom is 0.254 e. The number of aryl methyl sites for hydroxylation is 1. The van der Waals surface area contributed by atoms with E-state index in [2.05, 4.69) is 0 Å². The van der Waals surface area contributed by atoms with Crippen LogP contribution >= 0.6 is 0 Å². The molecule has 0 bridgehead atoms. The Morgan fingerprint density at radius 3 is 2.17 bits per heavy atom. The fraction of sp³-hybridized carbons (Fsp3) is 0.417. The number of rotatable bonds is 5. The molecule has 2 aromatic rings. The quantitative estimate of drug-likeness (QED) is 0.775. The van der Waals surface area contributed by atoms with Crippen LogP contribution < -0.4 is 4.74 Å². The Balaban J connectivity index is 1.34. The van der Waals surface area contributed by atoms with Gasteiger partial charge in [-0.05, 0) is 69.0 Å². The van der Waals surface area contributed by atoms with Crippen molar-refractivity contribution < 1.29 is 14.3 Å². The highest BCUT2D eigenvalue weighted by atomic mass is 16.5. The van der Waals surface area contributed by atoms with E-state index in [9.17, 15) is 9.59 Å². The summed E-state index contributed by atoms with van der Waals surface area (Å²) in [7, 11) is 0. The van der Waals surface area contributed by atoms with E-state index < -0.39 is 0 Å². The lowest BCUT2D eigenvalue weighted by atomic mass is 10.1. The lowest BCUT2D eigenvalue weighted by Gasteiger charge is -2.25. The third-order valence-corrected chi connectivity index (χ3v) is 5.87. The lowest BCUT2D eigenvalue weighted by molar-refractivity contribution is 0.0690. The summed E-state index contributed by atoms with van der Waals surface area (Å²) in [6, 6.07) is 15.2. The van der Waals surface area contributed by atoms with E-state index in [0.29, 0.717) is 12.2 Å². The largest absolute Gasteiger partial charge is 0.491 e. The van der Waals surface area contributed by atoms with Crippen LogP contribution in [0.1, 0.15) is 52.0 Å². The highest BCUT2D eigenvalue weighted by molar-refractivity contribution is 5.95. The number of carbonyl (C=O) groups is 2. The van der Waals surface area contributed by atoms with Crippen molar-refractivity contribution in [2.24, 2.45) is 0 Å². The number of hydrogen-bond acceptors (Lipinski definition) is 3. The first-order valence-corrected chi connectivity index (χ1v) is 10.5. The average molecular weight is 392 g/mol. The molecule has 4 rings (SSSR count). The van der Waals surface area contributed by atoms with Gasteiger partial charge in [0.2, 0.25) is 0 Å². The third kappa shape index (κ3) is 4.44. The van der Waals surface area contributed by atoms with Crippen LogP contribution in [0.2, 0.25) is 0 Å². The lowest BCUT2D eigenvalue weighted by Crippen LogP contribution is -2.39. The van der Waals surface area contributed by atoms with E-state index in [1.807, 2.05) is 65.3 Å². The minimum absolute atomic E-state index is 0.0719. The average Bonchev–Trinajstić information content (AvgIpc) is 3.44. The van der Waals surface area contributed by atoms with Crippen LogP contribution in [0.5, 0.6) is 5.75 Å². The molecule has 1 atom stereocenters. The fourth-order valence-corrected chi connectivity index (χ4v) is 4.13. The molecule has 0 N–H and O–H groups in total. The van der Waals surface area contributed by atoms with Gasteiger partial charge in [0.05, 0.1) is 6.04 Å². The van der Waals surface area contributed by atoms with Crippen molar-refractivity contribution in [3.8, 4) is 5.75 Å². The van der Waals surface area contributed by atoms with Crippen molar-refractivity contribution in [3.05, 3.63) is 65.2 Å². The summed E-state index contributed by atoms with van der Waals surface area (Å²) < 4.78 is 5.97. The summed E-state index contributed by atoms with van der Waals surface area (Å²) in [5, 5.41) is 0. The molecule has 0 aromatic heterocycles. The van der Waals surface area contributed by atoms with Gasteiger partial charge < -0.3 is 14.5 Å². The number of ether oxygens (including phenoxy) is 1. The van der Waals surface area contributed by atoms with Gasteiger partial charge in [-0.1, -0.05) is 17.7 Å². The molecule has 2 heterocycles. The van der Waals surface area contributed by atoms with Crippen molar-refractivity contribution in [2.75, 3.05) is 26.2 Å². The van der Waals surface area contributed by atoms with E-state index in [0.717, 1.165) is 62.2 Å². The maximum absolute atomic E-state index is 12.9. The molecule has 2 aliphatic rings. The van der Waals surface area contributed by atoms with Crippen molar-refractivity contribution in [1.82, 2.24) is 9.80 Å². The Bertz CT molecular complexity index is 855. The van der Waals surface area contributed by atoms with Crippen molar-refractivity contribution in [2.45, 2.75) is 38.6 Å². The first-order chi connectivity index (χ1) is 14.1. The molecule has 5 nitrogen and oxygen atoms in total. The second-order valence-corrected chi connectivity index (χ2v) is 8.00. The second-order valence-electron chi connectivity index (χ2n) is 8.00. The molecule has 0 spiro atoms. The number of amides is 2. The Labute approximate surface area is 172 Å². The molecule has 152 valence electrons. The summed E-state index contributed by atoms with van der Waals surface area (Å²) in [6.45, 7) is 4.96. The molecule has 0 radical (unpaired) electrons. The van der Waals surface area contributed by atoms with Crippen LogP contribution in [0.3, 0.4) is 0 Å². The summed E-state index contributed by atoms with van der Waals surface area (Å²) in [5.41, 5.74) is 2.58. The Hall–Kier alpha value is -2.82. The molecular weight excluding hydrogens is 364 g/mol. The minimum Gasteiger partial charge on any atom is -0.491 e. The SMILES string of the molecule is Cc1ccc(C(=O)N2CCCC2COc2ccc(C(=O)N3CCCC3)cc2)cc1. The van der Waals surface area contributed by atoms with Crippen molar-refractivity contribution in [1.29, 1.82) is 0 Å². The molecule has 2 saturated heterocycles. The molecule has 2 aliphatic heterocycles. The van der Waals surface area contributed by atoms with Gasteiger partial charge in [-0.15, -0.1) is 0 Å². The topological polar surface area (TPSA) is 49.9 Å². The van der Waals surface area contributed by atoms with Gasteiger partial charge in [0.25, 0.3) is 11.8 Å². The van der Waals surface area contributed by atoms with E-state index in [-0.39, 0.29) is 17.9 Å². The first kappa shape index (κ1) is 19.5. The first-order valence-electron chi connectivity index (χ1n) is 10.5. The molecule has 0 saturated carbocycles. The monoisotopic (exact) mass is 392 g/mol. The van der Waals surface area contributed by atoms with Crippen molar-refractivity contribution >= 4 is 11.8 Å². The number of benzene rings is 2. The third-order valence-electron chi connectivity index (χ3n) is 5.87. The molecule has 5 heteroatoms. The Kier molecular flexibility index (Phi) is 5.84. The number of nitrogens with zero attached hydrogens (tertiary/aromatic N) is 2. The summed E-state index contributed by atoms with van der Waals surface area (Å²) in [5.74, 6) is 0.903. The van der Waals surface area contributed by atoms with Gasteiger partial charge in [0.1, 0.15) is 12.4 Å². The molecular formula is C24H28N2O3. The highest BCUT2D eigenvalue weighted by Gasteiger charge is 2.30. The van der Waals surface area contributed by atoms with Crippen LogP contribution in [-0.2, 0) is 0 Å². The van der Waals surface area contributed by atoms with Gasteiger partial charge in [0, 0.05) is 30.8 Å². The molecule has 2 amide bonds. The molecule has 29 heavy (non-hydrogen) atoms. The predicted molar refractivity (Wildman–Crippen MR) is 112 cm³/mol. The summed E-state index contributed by atoms with van der Waals surface area (Å²) in [6.07, 6.45) is 4.12. The standard InChI is InChI=1S/C24H28N2O3/c1-18-6-8-20(9-7-18)24(28)26-16-4-5-21(26)17-29-22-12-10-19(11-13-22)23(27)25-14-2-3-15-25/h6-13,21H,2-5,14-17H2,1H3. The normalized spacial score (nSPS) is 18.9. The van der Waals surface area contributed by atoms with Gasteiger partial charge >= 0.3 is 0 Å². The second kappa shape index (κ2) is 8.68. The maximum atomic E-state index is 12.9. The van der Waals surface area contributed by atoms with Crippen LogP contribution in [0.4, 0.5) is 0 Å². The summed E-state index contributed by atoms with van der Waals surface area (Å²) >= 11 is 0. The Morgan fingerprint density at radius 2 is 1.48 bits per heavy atom. The van der Waals surface area contributed by atoms with E-state index in [4.69, 9.17) is 4.74 Å². The number of likely N-dealkylation sites (tertiary alicyclic amines) is 2. The zero-order valence-electron chi connectivity index (χ0n) is 17.0. The van der Waals surface area contributed by atoms with Gasteiger partial charge in [-0.25, -0.2) is 0 Å². The van der Waals surface area contributed by atoms with Crippen LogP contribution in [0.25, 0.3) is 0 Å². The van der Waals surface area contributed by atoms with Crippen LogP contribution in [-0.4, -0.2) is 53.9 Å². The van der Waals surface area contributed by atoms with Crippen LogP contribution in [0, 0.1) is 6.92 Å². The van der Waals surface area contributed by atoms with E-state index in [1.54, 1.807) is 0 Å². The van der Waals surface area contributed by atoms with Crippen molar-refractivity contribution in [3.63, 3.8) is 0 Å². The molecule has 1 unspecified atom stereocenters. The highest BCUT2D eigenvalue weighted by Crippen LogP contribution is 2.22. The molecule has 0 aliphatic carbocycles. The van der Waals surface area contributed by atoms with Gasteiger partial charge in [-0.3, -0.25) is 9.59 Å².